The van der Waals surface area contributed by atoms with Gasteiger partial charge in [0.25, 0.3) is 0 Å². The zero-order valence-electron chi connectivity index (χ0n) is 22.3. The third-order valence-corrected chi connectivity index (χ3v) is 7.29. The summed E-state index contributed by atoms with van der Waals surface area (Å²) in [5, 5.41) is 24.9. The third-order valence-electron chi connectivity index (χ3n) is 7.29. The molecule has 0 unspecified atom stereocenters. The molecule has 0 aromatic heterocycles. The van der Waals surface area contributed by atoms with Crippen molar-refractivity contribution in [2.75, 3.05) is 0 Å². The first kappa shape index (κ1) is 25.1. The molecule has 6 rings (SSSR count). The van der Waals surface area contributed by atoms with Crippen LogP contribution in [0.25, 0.3) is 32.7 Å². The van der Waals surface area contributed by atoms with Gasteiger partial charge < -0.3 is 10.2 Å². The number of hydrogen-bond acceptors (Lipinski definition) is 4. The maximum Gasteiger partial charge on any atom is 0.124 e. The van der Waals surface area contributed by atoms with E-state index in [1.807, 2.05) is 86.6 Å². The molecule has 194 valence electrons. The molecule has 6 aromatic rings. The van der Waals surface area contributed by atoms with Crippen LogP contribution in [0.2, 0.25) is 0 Å². The molecule has 4 nitrogen and oxygen atoms in total. The van der Waals surface area contributed by atoms with Crippen molar-refractivity contribution in [2.45, 2.75) is 13.8 Å². The first-order valence-electron chi connectivity index (χ1n) is 13.2. The lowest BCUT2D eigenvalue weighted by molar-refractivity contribution is 0.475. The molecule has 0 amide bonds. The number of benzene rings is 6. The van der Waals surface area contributed by atoms with Crippen molar-refractivity contribution in [2.24, 2.45) is 9.98 Å². The predicted molar refractivity (Wildman–Crippen MR) is 167 cm³/mol. The molecule has 0 saturated carbocycles. The van der Waals surface area contributed by atoms with Gasteiger partial charge in [0, 0.05) is 23.6 Å². The topological polar surface area (TPSA) is 65.2 Å². The van der Waals surface area contributed by atoms with Crippen LogP contribution in [0, 0.1) is 13.8 Å². The Labute approximate surface area is 233 Å². The molecule has 6 aromatic carbocycles. The van der Waals surface area contributed by atoms with E-state index in [1.165, 1.54) is 0 Å². The van der Waals surface area contributed by atoms with Crippen molar-refractivity contribution in [3.63, 3.8) is 0 Å². The number of rotatable bonds is 5. The van der Waals surface area contributed by atoms with E-state index >= 15 is 0 Å². The maximum absolute atomic E-state index is 10.4. The monoisotopic (exact) mass is 520 g/mol. The van der Waals surface area contributed by atoms with Crippen molar-refractivity contribution in [1.82, 2.24) is 0 Å². The number of phenols is 2. The Balaban J connectivity index is 1.26. The van der Waals surface area contributed by atoms with Crippen LogP contribution in [0.5, 0.6) is 11.5 Å². The Kier molecular flexibility index (Phi) is 6.59. The number of aromatic hydroxyl groups is 2. The maximum atomic E-state index is 10.4. The number of aryl methyl sites for hydroxylation is 2. The third kappa shape index (κ3) is 4.83. The van der Waals surface area contributed by atoms with Gasteiger partial charge in [0.05, 0.1) is 11.4 Å². The lowest BCUT2D eigenvalue weighted by Gasteiger charge is -2.09. The summed E-state index contributed by atoms with van der Waals surface area (Å²) in [5.41, 5.74) is 7.40. The van der Waals surface area contributed by atoms with E-state index in [4.69, 9.17) is 9.98 Å². The Morgan fingerprint density at radius 1 is 0.500 bits per heavy atom. The summed E-state index contributed by atoms with van der Waals surface area (Å²) < 4.78 is 0. The normalized spacial score (nSPS) is 11.8. The summed E-state index contributed by atoms with van der Waals surface area (Å²) in [7, 11) is 0. The molecule has 0 fully saturated rings. The van der Waals surface area contributed by atoms with Gasteiger partial charge in [0.15, 0.2) is 0 Å². The van der Waals surface area contributed by atoms with Gasteiger partial charge in [0.1, 0.15) is 11.5 Å². The molecule has 0 bridgehead atoms. The molecular weight excluding hydrogens is 492 g/mol. The summed E-state index contributed by atoms with van der Waals surface area (Å²) in [6.45, 7) is 4.09. The quantitative estimate of drug-likeness (QED) is 0.223. The van der Waals surface area contributed by atoms with Crippen LogP contribution in [0.3, 0.4) is 0 Å². The van der Waals surface area contributed by atoms with Gasteiger partial charge in [-0.25, -0.2) is 0 Å². The standard InChI is InChI=1S/C36H28N2O2/c1-23-19-27(11-15-33(23)37-21-31-29-9-5-3-7-25(29)13-17-35(31)39)28-12-16-34(24(2)20-28)38-22-32-30-10-6-4-8-26(30)14-18-36(32)40/h3-22,39-40H,1-2H3. The van der Waals surface area contributed by atoms with E-state index in [9.17, 15) is 10.2 Å². The van der Waals surface area contributed by atoms with Crippen LogP contribution in [0.4, 0.5) is 11.4 Å². The highest BCUT2D eigenvalue weighted by atomic mass is 16.3. The summed E-state index contributed by atoms with van der Waals surface area (Å²) in [4.78, 5) is 9.42. The minimum absolute atomic E-state index is 0.214. The molecule has 0 atom stereocenters. The number of aliphatic imine (C=N–C) groups is 2. The van der Waals surface area contributed by atoms with Gasteiger partial charge >= 0.3 is 0 Å². The number of hydrogen-bond donors (Lipinski definition) is 2. The van der Waals surface area contributed by atoms with Crippen LogP contribution in [-0.2, 0) is 0 Å². The summed E-state index contributed by atoms with van der Waals surface area (Å²) in [6.07, 6.45) is 3.48. The highest BCUT2D eigenvalue weighted by molar-refractivity contribution is 6.04. The lowest BCUT2D eigenvalue weighted by Crippen LogP contribution is -1.88. The Hall–Kier alpha value is -5.22. The average molecular weight is 521 g/mol. The van der Waals surface area contributed by atoms with E-state index in [-0.39, 0.29) is 11.5 Å². The molecular formula is C36H28N2O2. The van der Waals surface area contributed by atoms with Gasteiger partial charge in [0.2, 0.25) is 0 Å². The Morgan fingerprint density at radius 3 is 1.35 bits per heavy atom. The molecule has 40 heavy (non-hydrogen) atoms. The van der Waals surface area contributed by atoms with Crippen LogP contribution >= 0.6 is 0 Å². The summed E-state index contributed by atoms with van der Waals surface area (Å²) in [5.74, 6) is 0.427. The second-order valence-electron chi connectivity index (χ2n) is 9.96. The van der Waals surface area contributed by atoms with E-state index in [0.717, 1.165) is 55.2 Å². The van der Waals surface area contributed by atoms with E-state index in [1.54, 1.807) is 24.6 Å². The molecule has 0 saturated heterocycles. The fourth-order valence-corrected chi connectivity index (χ4v) is 5.07. The second-order valence-corrected chi connectivity index (χ2v) is 9.96. The molecule has 2 N–H and O–H groups in total. The van der Waals surface area contributed by atoms with Crippen molar-refractivity contribution >= 4 is 45.3 Å². The molecule has 0 spiro atoms. The van der Waals surface area contributed by atoms with Crippen molar-refractivity contribution in [3.05, 3.63) is 131 Å². The first-order valence-corrected chi connectivity index (χ1v) is 13.2. The van der Waals surface area contributed by atoms with Crippen LogP contribution < -0.4 is 0 Å². The van der Waals surface area contributed by atoms with Gasteiger partial charge in [-0.1, -0.05) is 72.8 Å². The van der Waals surface area contributed by atoms with Gasteiger partial charge in [-0.05, 0) is 94.0 Å². The van der Waals surface area contributed by atoms with E-state index in [0.29, 0.717) is 11.1 Å². The predicted octanol–water partition coefficient (Wildman–Crippen LogP) is 9.19. The Bertz CT molecular complexity index is 1810. The second kappa shape index (κ2) is 10.5. The SMILES string of the molecule is Cc1cc(-c2ccc(N=Cc3c(O)ccc4ccccc34)c(C)c2)ccc1N=Cc1c(O)ccc2ccccc12. The zero-order valence-corrected chi connectivity index (χ0v) is 22.3. The molecule has 0 aliphatic rings. The largest absolute Gasteiger partial charge is 0.507 e. The van der Waals surface area contributed by atoms with Gasteiger partial charge in [-0.2, -0.15) is 0 Å². The number of phenolic OH excluding ortho intramolecular Hbond substituents is 2. The highest BCUT2D eigenvalue weighted by Gasteiger charge is 2.08. The van der Waals surface area contributed by atoms with Crippen LogP contribution in [0.15, 0.2) is 119 Å². The van der Waals surface area contributed by atoms with Gasteiger partial charge in [-0.3, -0.25) is 9.98 Å². The highest BCUT2D eigenvalue weighted by Crippen LogP contribution is 2.32. The van der Waals surface area contributed by atoms with E-state index < -0.39 is 0 Å². The molecule has 0 aliphatic carbocycles. The molecule has 0 radical (unpaired) electrons. The average Bonchev–Trinajstić information content (AvgIpc) is 2.97. The zero-order chi connectivity index (χ0) is 27.6. The lowest BCUT2D eigenvalue weighted by atomic mass is 10.00. The number of nitrogens with zero attached hydrogens (tertiary/aromatic N) is 2. The Morgan fingerprint density at radius 2 is 0.925 bits per heavy atom. The fraction of sp³-hybridized carbons (Fsp3) is 0.0556. The van der Waals surface area contributed by atoms with Crippen molar-refractivity contribution in [1.29, 1.82) is 0 Å². The summed E-state index contributed by atoms with van der Waals surface area (Å²) >= 11 is 0. The van der Waals surface area contributed by atoms with Crippen LogP contribution in [0.1, 0.15) is 22.3 Å². The molecule has 4 heteroatoms. The smallest absolute Gasteiger partial charge is 0.124 e. The minimum Gasteiger partial charge on any atom is -0.507 e. The number of fused-ring (bicyclic) bond motifs is 2. The van der Waals surface area contributed by atoms with Gasteiger partial charge in [-0.15, -0.1) is 0 Å². The van der Waals surface area contributed by atoms with Crippen molar-refractivity contribution < 1.29 is 10.2 Å². The van der Waals surface area contributed by atoms with E-state index in [2.05, 4.69) is 24.3 Å². The summed E-state index contributed by atoms with van der Waals surface area (Å²) in [6, 6.07) is 35.6. The van der Waals surface area contributed by atoms with Crippen molar-refractivity contribution in [3.8, 4) is 22.6 Å². The molecule has 0 heterocycles. The first-order chi connectivity index (χ1) is 19.5. The minimum atomic E-state index is 0.214. The van der Waals surface area contributed by atoms with Crippen LogP contribution in [-0.4, -0.2) is 22.6 Å². The fourth-order valence-electron chi connectivity index (χ4n) is 5.07. The molecule has 0 aliphatic heterocycles.